The third-order valence-corrected chi connectivity index (χ3v) is 9.84. The first kappa shape index (κ1) is 24.7. The van der Waals surface area contributed by atoms with E-state index in [0.717, 1.165) is 54.6 Å². The Morgan fingerprint density at radius 2 is 1.15 bits per heavy atom. The Kier molecular flexibility index (Phi) is 6.80. The molecule has 0 heterocycles. The lowest BCUT2D eigenvalue weighted by Crippen LogP contribution is -2.42. The molecular formula is C23H18F4O4S2. The van der Waals surface area contributed by atoms with Crippen molar-refractivity contribution in [2.45, 2.75) is 26.7 Å². The summed E-state index contributed by atoms with van der Waals surface area (Å²) in [5, 5.41) is 0. The van der Waals surface area contributed by atoms with Gasteiger partial charge in [0, 0.05) is 6.42 Å². The van der Waals surface area contributed by atoms with Crippen LogP contribution in [0, 0.1) is 0 Å². The van der Waals surface area contributed by atoms with Crippen LogP contribution in [0.15, 0.2) is 101 Å². The molecule has 0 atom stereocenters. The zero-order valence-electron chi connectivity index (χ0n) is 16.9. The van der Waals surface area contributed by atoms with Crippen molar-refractivity contribution in [1.82, 2.24) is 0 Å². The van der Waals surface area contributed by atoms with Crippen LogP contribution in [-0.2, 0) is 25.9 Å². The second kappa shape index (κ2) is 9.11. The van der Waals surface area contributed by atoms with Crippen LogP contribution in [0.25, 0.3) is 6.08 Å². The van der Waals surface area contributed by atoms with E-state index >= 15 is 4.39 Å². The zero-order chi connectivity index (χ0) is 24.3. The normalized spacial score (nSPS) is 13.3. The van der Waals surface area contributed by atoms with Crippen molar-refractivity contribution in [2.24, 2.45) is 0 Å². The molecule has 0 unspecified atom stereocenters. The Labute approximate surface area is 189 Å². The Morgan fingerprint density at radius 3 is 1.61 bits per heavy atom. The maximum atomic E-state index is 16.3. The number of rotatable bonds is 7. The van der Waals surface area contributed by atoms with Crippen molar-refractivity contribution in [3.63, 3.8) is 0 Å². The van der Waals surface area contributed by atoms with Gasteiger partial charge in [-0.3, -0.25) is 0 Å². The van der Waals surface area contributed by atoms with Crippen molar-refractivity contribution in [3.8, 4) is 0 Å². The van der Waals surface area contributed by atoms with Gasteiger partial charge < -0.3 is 0 Å². The zero-order valence-corrected chi connectivity index (χ0v) is 18.5. The molecule has 0 fully saturated rings. The number of benzene rings is 3. The molecule has 0 aliphatic carbocycles. The van der Waals surface area contributed by atoms with Gasteiger partial charge in [-0.05, 0) is 42.0 Å². The maximum absolute atomic E-state index is 16.3. The lowest BCUT2D eigenvalue weighted by Gasteiger charge is -2.24. The van der Waals surface area contributed by atoms with Crippen LogP contribution in [0.2, 0.25) is 0 Å². The molecule has 0 amide bonds. The summed E-state index contributed by atoms with van der Waals surface area (Å²) in [5.74, 6) is 0. The average molecular weight is 499 g/mol. The van der Waals surface area contributed by atoms with Crippen LogP contribution in [-0.4, -0.2) is 21.2 Å². The van der Waals surface area contributed by atoms with Gasteiger partial charge in [0.05, 0.1) is 15.4 Å². The maximum Gasteiger partial charge on any atom is 0.416 e. The molecule has 0 bridgehead atoms. The van der Waals surface area contributed by atoms with E-state index in [1.54, 1.807) is 0 Å². The quantitative estimate of drug-likeness (QED) is 0.393. The molecule has 0 radical (unpaired) electrons. The summed E-state index contributed by atoms with van der Waals surface area (Å²) in [6.45, 7) is 0. The predicted octanol–water partition coefficient (Wildman–Crippen LogP) is 5.68. The van der Waals surface area contributed by atoms with E-state index in [4.69, 9.17) is 0 Å². The van der Waals surface area contributed by atoms with Crippen LogP contribution < -0.4 is 0 Å². The first-order valence-electron chi connectivity index (χ1n) is 9.52. The Morgan fingerprint density at radius 1 is 0.667 bits per heavy atom. The predicted molar refractivity (Wildman–Crippen MR) is 116 cm³/mol. The van der Waals surface area contributed by atoms with E-state index in [-0.39, 0.29) is 5.56 Å². The third kappa shape index (κ3) is 4.86. The summed E-state index contributed by atoms with van der Waals surface area (Å²) in [6.07, 6.45) is -3.81. The molecule has 0 N–H and O–H groups in total. The van der Waals surface area contributed by atoms with Gasteiger partial charge in [0.25, 0.3) is 0 Å². The molecule has 3 aromatic carbocycles. The summed E-state index contributed by atoms with van der Waals surface area (Å²) < 4.78 is 104. The Bertz CT molecular complexity index is 1280. The summed E-state index contributed by atoms with van der Waals surface area (Å²) in [5.41, 5.74) is -0.952. The van der Waals surface area contributed by atoms with E-state index in [1.165, 1.54) is 42.5 Å². The fraction of sp³-hybridized carbons (Fsp3) is 0.130. The molecule has 3 aromatic rings. The van der Waals surface area contributed by atoms with E-state index in [2.05, 4.69) is 0 Å². The topological polar surface area (TPSA) is 68.3 Å². The van der Waals surface area contributed by atoms with Gasteiger partial charge in [-0.1, -0.05) is 60.7 Å². The minimum absolute atomic E-state index is 0.00129. The summed E-state index contributed by atoms with van der Waals surface area (Å²) in [6, 6.07) is 16.6. The van der Waals surface area contributed by atoms with Crippen molar-refractivity contribution < 1.29 is 34.4 Å². The summed E-state index contributed by atoms with van der Waals surface area (Å²) in [4.78, 5) is -1.08. The van der Waals surface area contributed by atoms with Gasteiger partial charge in [0.2, 0.25) is 19.7 Å². The molecule has 0 saturated carbocycles. The van der Waals surface area contributed by atoms with Gasteiger partial charge >= 0.3 is 10.5 Å². The number of hydrogen-bond acceptors (Lipinski definition) is 4. The lowest BCUT2D eigenvalue weighted by atomic mass is 10.1. The highest BCUT2D eigenvalue weighted by molar-refractivity contribution is 8.10. The van der Waals surface area contributed by atoms with Gasteiger partial charge in [-0.2, -0.15) is 13.2 Å². The molecule has 0 aromatic heterocycles. The highest BCUT2D eigenvalue weighted by Crippen LogP contribution is 2.40. The molecule has 0 aliphatic rings. The van der Waals surface area contributed by atoms with Crippen molar-refractivity contribution in [2.75, 3.05) is 0 Å². The summed E-state index contributed by atoms with van der Waals surface area (Å²) >= 11 is 0. The SMILES string of the molecule is O=S(=O)(c1ccccc1)C(F)(C/C=C/c1cccc(C(F)(F)F)c1)S(=O)(=O)c1ccccc1. The van der Waals surface area contributed by atoms with Gasteiger partial charge in [0.15, 0.2) is 0 Å². The average Bonchev–Trinajstić information content (AvgIpc) is 2.79. The monoisotopic (exact) mass is 498 g/mol. The van der Waals surface area contributed by atoms with Crippen LogP contribution in [0.4, 0.5) is 17.6 Å². The lowest BCUT2D eigenvalue weighted by molar-refractivity contribution is -0.137. The number of hydrogen-bond donors (Lipinski definition) is 0. The van der Waals surface area contributed by atoms with Crippen LogP contribution in [0.1, 0.15) is 17.5 Å². The van der Waals surface area contributed by atoms with Gasteiger partial charge in [-0.25, -0.2) is 21.2 Å². The van der Waals surface area contributed by atoms with E-state index in [1.807, 2.05) is 0 Å². The van der Waals surface area contributed by atoms with Gasteiger partial charge in [0.1, 0.15) is 0 Å². The highest BCUT2D eigenvalue weighted by atomic mass is 32.3. The molecule has 10 heteroatoms. The summed E-state index contributed by atoms with van der Waals surface area (Å²) in [7, 11) is -10.2. The number of allylic oxidation sites excluding steroid dienone is 1. The first-order valence-corrected chi connectivity index (χ1v) is 12.5. The number of halogens is 4. The van der Waals surface area contributed by atoms with Crippen molar-refractivity contribution >= 4 is 25.8 Å². The van der Waals surface area contributed by atoms with E-state index in [9.17, 15) is 30.0 Å². The molecule has 0 aliphatic heterocycles. The molecule has 4 nitrogen and oxygen atoms in total. The second-order valence-electron chi connectivity index (χ2n) is 7.02. The first-order chi connectivity index (χ1) is 15.4. The van der Waals surface area contributed by atoms with E-state index in [0.29, 0.717) is 0 Å². The number of sulfone groups is 2. The van der Waals surface area contributed by atoms with Gasteiger partial charge in [-0.15, -0.1) is 0 Å². The van der Waals surface area contributed by atoms with Crippen LogP contribution in [0.5, 0.6) is 0 Å². The smallest absolute Gasteiger partial charge is 0.219 e. The van der Waals surface area contributed by atoms with Crippen molar-refractivity contribution in [1.29, 1.82) is 0 Å². The fourth-order valence-corrected chi connectivity index (χ4v) is 7.17. The number of alkyl halides is 4. The molecule has 33 heavy (non-hydrogen) atoms. The molecule has 3 rings (SSSR count). The molecular weight excluding hydrogens is 480 g/mol. The molecule has 174 valence electrons. The van der Waals surface area contributed by atoms with E-state index < -0.39 is 52.0 Å². The van der Waals surface area contributed by atoms with Crippen LogP contribution in [0.3, 0.4) is 0 Å². The van der Waals surface area contributed by atoms with Crippen LogP contribution >= 0.6 is 0 Å². The fourth-order valence-electron chi connectivity index (χ4n) is 3.07. The molecule has 0 spiro atoms. The highest BCUT2D eigenvalue weighted by Gasteiger charge is 2.56. The Hall–Kier alpha value is -2.98. The second-order valence-corrected chi connectivity index (χ2v) is 11.5. The molecule has 0 saturated heterocycles. The van der Waals surface area contributed by atoms with Crippen molar-refractivity contribution in [3.05, 3.63) is 102 Å². The largest absolute Gasteiger partial charge is 0.416 e. The Balaban J connectivity index is 2.08. The third-order valence-electron chi connectivity index (χ3n) is 4.80. The minimum Gasteiger partial charge on any atom is -0.219 e. The standard InChI is InChI=1S/C23H18F4O4S2/c24-22(32(28,29)20-12-3-1-4-13-20,33(30,31)21-14-5-2-6-15-21)16-8-10-18-9-7-11-19(17-18)23(25,26)27/h1-15,17H,16H2/b10-8+. The minimum atomic E-state index is -5.08.